The van der Waals surface area contributed by atoms with Crippen molar-refractivity contribution in [3.63, 3.8) is 0 Å². The molecule has 1 aliphatic heterocycles. The summed E-state index contributed by atoms with van der Waals surface area (Å²) < 4.78 is 0. The van der Waals surface area contributed by atoms with Crippen molar-refractivity contribution in [3.8, 4) is 0 Å². The Hall–Kier alpha value is -0.900. The number of rotatable bonds is 5. The molecule has 1 aromatic carbocycles. The Morgan fingerprint density at radius 2 is 2.16 bits per heavy atom. The first-order valence-electron chi connectivity index (χ1n) is 7.29. The monoisotopic (exact) mass is 261 g/mol. The molecule has 3 heteroatoms. The summed E-state index contributed by atoms with van der Waals surface area (Å²) in [6.45, 7) is 5.19. The third-order valence-corrected chi connectivity index (χ3v) is 4.47. The Bertz CT molecular complexity index is 405. The summed E-state index contributed by atoms with van der Waals surface area (Å²) in [4.78, 5) is 4.90. The van der Waals surface area contributed by atoms with Crippen molar-refractivity contribution < 1.29 is 0 Å². The normalized spacial score (nSPS) is 22.1. The lowest BCUT2D eigenvalue weighted by Gasteiger charge is -2.32. The van der Waals surface area contributed by atoms with E-state index in [0.29, 0.717) is 18.6 Å². The van der Waals surface area contributed by atoms with Crippen LogP contribution >= 0.6 is 0 Å². The second kappa shape index (κ2) is 6.51. The molecule has 19 heavy (non-hydrogen) atoms. The molecule has 2 atom stereocenters. The van der Waals surface area contributed by atoms with Crippen molar-refractivity contribution in [1.82, 2.24) is 9.80 Å². The van der Waals surface area contributed by atoms with E-state index in [1.54, 1.807) is 0 Å². The molecule has 1 fully saturated rings. The zero-order valence-corrected chi connectivity index (χ0v) is 12.5. The van der Waals surface area contributed by atoms with Gasteiger partial charge in [-0.2, -0.15) is 0 Å². The van der Waals surface area contributed by atoms with Crippen molar-refractivity contribution in [2.24, 2.45) is 5.73 Å². The Labute approximate surface area is 117 Å². The number of hydrogen-bond acceptors (Lipinski definition) is 3. The van der Waals surface area contributed by atoms with E-state index in [-0.39, 0.29) is 0 Å². The zero-order chi connectivity index (χ0) is 13.8. The van der Waals surface area contributed by atoms with E-state index >= 15 is 0 Å². The molecule has 0 amide bonds. The van der Waals surface area contributed by atoms with E-state index in [0.717, 1.165) is 6.54 Å². The molecule has 1 aromatic rings. The number of hydrogen-bond donors (Lipinski definition) is 1. The van der Waals surface area contributed by atoms with Gasteiger partial charge in [0.15, 0.2) is 0 Å². The fourth-order valence-electron chi connectivity index (χ4n) is 3.17. The van der Waals surface area contributed by atoms with Gasteiger partial charge >= 0.3 is 0 Å². The predicted molar refractivity (Wildman–Crippen MR) is 81.3 cm³/mol. The van der Waals surface area contributed by atoms with Crippen LogP contribution in [0, 0.1) is 6.92 Å². The van der Waals surface area contributed by atoms with Gasteiger partial charge in [-0.15, -0.1) is 0 Å². The largest absolute Gasteiger partial charge is 0.329 e. The summed E-state index contributed by atoms with van der Waals surface area (Å²) in [5.41, 5.74) is 8.73. The summed E-state index contributed by atoms with van der Waals surface area (Å²) in [5, 5.41) is 0. The number of benzene rings is 1. The molecule has 2 N–H and O–H groups in total. The third kappa shape index (κ3) is 3.35. The first-order chi connectivity index (χ1) is 9.13. The van der Waals surface area contributed by atoms with E-state index in [9.17, 15) is 0 Å². The van der Waals surface area contributed by atoms with E-state index in [1.165, 1.54) is 30.5 Å². The van der Waals surface area contributed by atoms with Gasteiger partial charge in [0.2, 0.25) is 0 Å². The highest BCUT2D eigenvalue weighted by Crippen LogP contribution is 2.24. The molecular weight excluding hydrogens is 234 g/mol. The van der Waals surface area contributed by atoms with Crippen LogP contribution in [0.2, 0.25) is 0 Å². The molecule has 0 aromatic heterocycles. The minimum Gasteiger partial charge on any atom is -0.329 e. The number of nitrogens with zero attached hydrogens (tertiary/aromatic N) is 2. The average Bonchev–Trinajstić information content (AvgIpc) is 2.78. The Kier molecular flexibility index (Phi) is 4.97. The summed E-state index contributed by atoms with van der Waals surface area (Å²) in [6, 6.07) is 9.60. The summed E-state index contributed by atoms with van der Waals surface area (Å²) in [5.74, 6) is 0. The second-order valence-corrected chi connectivity index (χ2v) is 5.82. The molecule has 106 valence electrons. The minimum absolute atomic E-state index is 0.329. The van der Waals surface area contributed by atoms with Crippen LogP contribution < -0.4 is 5.73 Å². The predicted octanol–water partition coefficient (Wildman–Crippen LogP) is 2.02. The number of likely N-dealkylation sites (tertiary alicyclic amines) is 1. The van der Waals surface area contributed by atoms with E-state index in [4.69, 9.17) is 5.73 Å². The van der Waals surface area contributed by atoms with Crippen molar-refractivity contribution in [3.05, 3.63) is 35.4 Å². The Balaban J connectivity index is 2.07. The molecular formula is C16H27N3. The first-order valence-corrected chi connectivity index (χ1v) is 7.29. The van der Waals surface area contributed by atoms with Crippen LogP contribution in [0.4, 0.5) is 0 Å². The number of aryl methyl sites for hydroxylation is 1. The molecule has 2 unspecified atom stereocenters. The van der Waals surface area contributed by atoms with Gasteiger partial charge < -0.3 is 10.6 Å². The molecule has 1 heterocycles. The summed E-state index contributed by atoms with van der Waals surface area (Å²) in [6.07, 6.45) is 2.64. The lowest BCUT2D eigenvalue weighted by Crippen LogP contribution is -2.40. The van der Waals surface area contributed by atoms with Crippen LogP contribution in [0.3, 0.4) is 0 Å². The van der Waals surface area contributed by atoms with Crippen molar-refractivity contribution >= 4 is 0 Å². The van der Waals surface area contributed by atoms with Crippen molar-refractivity contribution in [2.45, 2.75) is 31.8 Å². The maximum absolute atomic E-state index is 6.03. The molecule has 1 aliphatic rings. The maximum atomic E-state index is 6.03. The number of nitrogens with two attached hydrogens (primary N) is 1. The van der Waals surface area contributed by atoms with Gasteiger partial charge in [0.1, 0.15) is 0 Å². The van der Waals surface area contributed by atoms with Gasteiger partial charge in [0.05, 0.1) is 0 Å². The van der Waals surface area contributed by atoms with Gasteiger partial charge in [0, 0.05) is 25.2 Å². The highest BCUT2D eigenvalue weighted by atomic mass is 15.2. The van der Waals surface area contributed by atoms with Crippen molar-refractivity contribution in [2.75, 3.05) is 33.7 Å². The Morgan fingerprint density at radius 1 is 1.42 bits per heavy atom. The molecule has 0 radical (unpaired) electrons. The van der Waals surface area contributed by atoms with Crippen molar-refractivity contribution in [1.29, 1.82) is 0 Å². The SMILES string of the molecule is Cc1ccccc1C(CN)N(C)CC1CCCN1C. The van der Waals surface area contributed by atoms with Crippen LogP contribution in [-0.2, 0) is 0 Å². The molecule has 0 saturated carbocycles. The summed E-state index contributed by atoms with van der Waals surface area (Å²) in [7, 11) is 4.44. The topological polar surface area (TPSA) is 32.5 Å². The first kappa shape index (κ1) is 14.5. The van der Waals surface area contributed by atoms with Crippen LogP contribution in [0.5, 0.6) is 0 Å². The lowest BCUT2D eigenvalue weighted by atomic mass is 10.00. The van der Waals surface area contributed by atoms with Gasteiger partial charge in [-0.25, -0.2) is 0 Å². The highest BCUT2D eigenvalue weighted by molar-refractivity contribution is 5.29. The van der Waals surface area contributed by atoms with Crippen LogP contribution in [0.1, 0.15) is 30.0 Å². The molecule has 1 saturated heterocycles. The molecule has 0 spiro atoms. The van der Waals surface area contributed by atoms with E-state index < -0.39 is 0 Å². The third-order valence-electron chi connectivity index (χ3n) is 4.47. The van der Waals surface area contributed by atoms with Gasteiger partial charge in [-0.05, 0) is 51.5 Å². The highest BCUT2D eigenvalue weighted by Gasteiger charge is 2.25. The smallest absolute Gasteiger partial charge is 0.0470 e. The van der Waals surface area contributed by atoms with Crippen LogP contribution in [0.15, 0.2) is 24.3 Å². The fourth-order valence-corrected chi connectivity index (χ4v) is 3.17. The molecule has 0 bridgehead atoms. The van der Waals surface area contributed by atoms with Crippen LogP contribution in [-0.4, -0.2) is 49.6 Å². The second-order valence-electron chi connectivity index (χ2n) is 5.82. The zero-order valence-electron chi connectivity index (χ0n) is 12.5. The average molecular weight is 261 g/mol. The van der Waals surface area contributed by atoms with Gasteiger partial charge in [-0.1, -0.05) is 24.3 Å². The Morgan fingerprint density at radius 3 is 2.74 bits per heavy atom. The summed E-state index contributed by atoms with van der Waals surface area (Å²) >= 11 is 0. The van der Waals surface area contributed by atoms with Gasteiger partial charge in [0.25, 0.3) is 0 Å². The number of likely N-dealkylation sites (N-methyl/N-ethyl adjacent to an activating group) is 2. The molecule has 2 rings (SSSR count). The quantitative estimate of drug-likeness (QED) is 0.880. The lowest BCUT2D eigenvalue weighted by molar-refractivity contribution is 0.179. The van der Waals surface area contributed by atoms with Crippen LogP contribution in [0.25, 0.3) is 0 Å². The van der Waals surface area contributed by atoms with E-state index in [1.807, 2.05) is 0 Å². The molecule has 0 aliphatic carbocycles. The fraction of sp³-hybridized carbons (Fsp3) is 0.625. The van der Waals surface area contributed by atoms with E-state index in [2.05, 4.69) is 55.1 Å². The standard InChI is InChI=1S/C16H27N3/c1-13-7-4-5-9-15(13)16(11-17)19(3)12-14-8-6-10-18(14)2/h4-5,7,9,14,16H,6,8,10-12,17H2,1-3H3. The van der Waals surface area contributed by atoms with Gasteiger partial charge in [-0.3, -0.25) is 4.90 Å². The minimum atomic E-state index is 0.329. The molecule has 3 nitrogen and oxygen atoms in total. The maximum Gasteiger partial charge on any atom is 0.0470 e.